The molecule has 1 aromatic carbocycles. The van der Waals surface area contributed by atoms with Crippen LogP contribution in [0.15, 0.2) is 6.07 Å². The van der Waals surface area contributed by atoms with Gasteiger partial charge in [-0.25, -0.2) is 0 Å². The highest BCUT2D eigenvalue weighted by Crippen LogP contribution is 2.35. The number of fused-ring (bicyclic) bond motifs is 1. The Bertz CT molecular complexity index is 757. The van der Waals surface area contributed by atoms with Crippen LogP contribution in [0, 0.1) is 13.8 Å². The van der Waals surface area contributed by atoms with Crippen molar-refractivity contribution >= 4 is 5.78 Å². The minimum absolute atomic E-state index is 0.133. The Hall–Kier alpha value is -1.39. The highest BCUT2D eigenvalue weighted by Gasteiger charge is 2.44. The largest absolute Gasteiger partial charge is 0.394 e. The van der Waals surface area contributed by atoms with Crippen molar-refractivity contribution in [1.29, 1.82) is 0 Å². The van der Waals surface area contributed by atoms with Crippen LogP contribution in [0.4, 0.5) is 0 Å². The summed E-state index contributed by atoms with van der Waals surface area (Å²) in [6.45, 7) is 4.90. The summed E-state index contributed by atoms with van der Waals surface area (Å²) in [6.07, 6.45) is -5.85. The molecule has 0 saturated carbocycles. The van der Waals surface area contributed by atoms with E-state index in [-0.39, 0.29) is 12.4 Å². The topological polar surface area (TPSA) is 137 Å². The molecule has 1 saturated heterocycles. The zero-order valence-electron chi connectivity index (χ0n) is 16.3. The number of aliphatic hydroxyl groups is 5. The van der Waals surface area contributed by atoms with Gasteiger partial charge in [-0.1, -0.05) is 6.07 Å². The van der Waals surface area contributed by atoms with Crippen LogP contribution >= 0.6 is 0 Å². The number of ether oxygens (including phenoxy) is 2. The molecule has 0 aromatic heterocycles. The van der Waals surface area contributed by atoms with Crippen LogP contribution in [0.2, 0.25) is 0 Å². The summed E-state index contributed by atoms with van der Waals surface area (Å²) in [5.74, 6) is -0.281. The van der Waals surface area contributed by atoms with Gasteiger partial charge in [0.1, 0.15) is 30.0 Å². The van der Waals surface area contributed by atoms with Crippen LogP contribution in [0.1, 0.15) is 39.5 Å². The minimum atomic E-state index is -1.49. The van der Waals surface area contributed by atoms with Crippen molar-refractivity contribution in [3.8, 4) is 0 Å². The predicted octanol–water partition coefficient (Wildman–Crippen LogP) is -0.848. The summed E-state index contributed by atoms with van der Waals surface area (Å²) in [4.78, 5) is 12.5. The molecule has 1 aromatic rings. The molecule has 3 rings (SSSR count). The molecule has 1 aliphatic heterocycles. The van der Waals surface area contributed by atoms with Crippen molar-refractivity contribution in [1.82, 2.24) is 0 Å². The molecule has 8 heteroatoms. The standard InChI is InChI=1S/C20H28O8/c1-9-6-11-7-20(3,26)18(25)14(11)10(2)12(9)4-5-27-19-17(24)16(23)15(22)13(8-21)28-19/h6,13,15-17,19,21-24,26H,4-5,7-8H2,1-3H3/t13?,15-,16+,17?,19-,20-/m1/s1. The van der Waals surface area contributed by atoms with E-state index in [1.165, 1.54) is 6.92 Å². The Morgan fingerprint density at radius 3 is 2.54 bits per heavy atom. The van der Waals surface area contributed by atoms with Crippen LogP contribution in [-0.2, 0) is 22.3 Å². The van der Waals surface area contributed by atoms with Gasteiger partial charge in [0.25, 0.3) is 0 Å². The van der Waals surface area contributed by atoms with Gasteiger partial charge in [0, 0.05) is 12.0 Å². The highest BCUT2D eigenvalue weighted by molar-refractivity contribution is 6.07. The fraction of sp³-hybridized carbons (Fsp3) is 0.650. The maximum absolute atomic E-state index is 12.5. The van der Waals surface area contributed by atoms with Crippen LogP contribution in [-0.4, -0.2) is 80.8 Å². The molecule has 0 bridgehead atoms. The monoisotopic (exact) mass is 396 g/mol. The van der Waals surface area contributed by atoms with Crippen molar-refractivity contribution < 1.29 is 39.8 Å². The summed E-state index contributed by atoms with van der Waals surface area (Å²) in [5.41, 5.74) is 2.69. The van der Waals surface area contributed by atoms with Gasteiger partial charge in [-0.2, -0.15) is 0 Å². The van der Waals surface area contributed by atoms with Gasteiger partial charge < -0.3 is 35.0 Å². The first-order chi connectivity index (χ1) is 13.1. The number of carbonyl (C=O) groups excluding carboxylic acids is 1. The van der Waals surface area contributed by atoms with Crippen molar-refractivity contribution in [2.45, 2.75) is 69.9 Å². The number of aliphatic hydroxyl groups excluding tert-OH is 4. The molecule has 6 atom stereocenters. The van der Waals surface area contributed by atoms with Crippen molar-refractivity contribution in [3.05, 3.63) is 33.9 Å². The van der Waals surface area contributed by atoms with Crippen molar-refractivity contribution in [3.63, 3.8) is 0 Å². The third-order valence-corrected chi connectivity index (χ3v) is 5.75. The van der Waals surface area contributed by atoms with Crippen molar-refractivity contribution in [2.24, 2.45) is 0 Å². The predicted molar refractivity (Wildman–Crippen MR) is 98.0 cm³/mol. The van der Waals surface area contributed by atoms with E-state index >= 15 is 0 Å². The zero-order chi connectivity index (χ0) is 20.8. The molecule has 0 spiro atoms. The quantitative estimate of drug-likeness (QED) is 0.434. The smallest absolute Gasteiger partial charge is 0.194 e. The molecule has 2 aliphatic rings. The summed E-state index contributed by atoms with van der Waals surface area (Å²) < 4.78 is 10.9. The first-order valence-electron chi connectivity index (χ1n) is 9.39. The lowest BCUT2D eigenvalue weighted by atomic mass is 9.92. The van der Waals surface area contributed by atoms with Gasteiger partial charge in [-0.15, -0.1) is 0 Å². The Kier molecular flexibility index (Phi) is 5.94. The fourth-order valence-corrected chi connectivity index (χ4v) is 4.15. The van der Waals surface area contributed by atoms with Gasteiger partial charge in [-0.05, 0) is 49.4 Å². The number of benzene rings is 1. The van der Waals surface area contributed by atoms with Gasteiger partial charge in [0.05, 0.1) is 13.2 Å². The van der Waals surface area contributed by atoms with Crippen LogP contribution in [0.3, 0.4) is 0 Å². The molecule has 8 nitrogen and oxygen atoms in total. The fourth-order valence-electron chi connectivity index (χ4n) is 4.15. The molecule has 28 heavy (non-hydrogen) atoms. The van der Waals surface area contributed by atoms with Gasteiger partial charge in [0.2, 0.25) is 0 Å². The summed E-state index contributed by atoms with van der Waals surface area (Å²) in [5, 5.41) is 49.2. The molecular weight excluding hydrogens is 368 g/mol. The van der Waals surface area contributed by atoms with E-state index in [0.29, 0.717) is 18.4 Å². The second-order valence-electron chi connectivity index (χ2n) is 7.93. The van der Waals surface area contributed by atoms with Gasteiger partial charge in [-0.3, -0.25) is 4.79 Å². The third-order valence-electron chi connectivity index (χ3n) is 5.75. The first-order valence-corrected chi connectivity index (χ1v) is 9.39. The molecule has 0 radical (unpaired) electrons. The second-order valence-corrected chi connectivity index (χ2v) is 7.93. The molecule has 5 N–H and O–H groups in total. The number of carbonyl (C=O) groups is 1. The summed E-state index contributed by atoms with van der Waals surface area (Å²) in [7, 11) is 0. The van der Waals surface area contributed by atoms with E-state index in [0.717, 1.165) is 22.3 Å². The summed E-state index contributed by atoms with van der Waals surface area (Å²) in [6, 6.07) is 1.91. The minimum Gasteiger partial charge on any atom is -0.394 e. The van der Waals surface area contributed by atoms with Gasteiger partial charge in [0.15, 0.2) is 12.1 Å². The van der Waals surface area contributed by atoms with E-state index < -0.39 is 42.9 Å². The Labute approximate surface area is 163 Å². The maximum atomic E-state index is 12.5. The number of aryl methyl sites for hydroxylation is 1. The van der Waals surface area contributed by atoms with E-state index in [9.17, 15) is 30.3 Å². The number of hydrogen-bond acceptors (Lipinski definition) is 8. The molecule has 1 heterocycles. The van der Waals surface area contributed by atoms with Crippen LogP contribution in [0.5, 0.6) is 0 Å². The third kappa shape index (κ3) is 3.61. The molecule has 1 aliphatic carbocycles. The number of ketones is 1. The second kappa shape index (κ2) is 7.79. The Balaban J connectivity index is 1.71. The first kappa shape index (κ1) is 21.3. The Morgan fingerprint density at radius 1 is 1.21 bits per heavy atom. The number of rotatable bonds is 5. The normalized spacial score (nSPS) is 35.3. The molecule has 0 amide bonds. The molecular formula is C20H28O8. The lowest BCUT2D eigenvalue weighted by Gasteiger charge is -2.39. The molecule has 2 unspecified atom stereocenters. The van der Waals surface area contributed by atoms with Crippen LogP contribution in [0.25, 0.3) is 0 Å². The van der Waals surface area contributed by atoms with E-state index in [2.05, 4.69) is 0 Å². The highest BCUT2D eigenvalue weighted by atomic mass is 16.7. The average molecular weight is 396 g/mol. The van der Waals surface area contributed by atoms with Crippen LogP contribution < -0.4 is 0 Å². The number of Topliss-reactive ketones (excluding diaryl/α,β-unsaturated/α-hetero) is 1. The summed E-state index contributed by atoms with van der Waals surface area (Å²) >= 11 is 0. The zero-order valence-corrected chi connectivity index (χ0v) is 16.3. The maximum Gasteiger partial charge on any atom is 0.194 e. The van der Waals surface area contributed by atoms with E-state index in [1.807, 2.05) is 19.9 Å². The number of hydrogen-bond donors (Lipinski definition) is 5. The molecule has 156 valence electrons. The molecule has 1 fully saturated rings. The Morgan fingerprint density at radius 2 is 1.89 bits per heavy atom. The van der Waals surface area contributed by atoms with Gasteiger partial charge >= 0.3 is 0 Å². The lowest BCUT2D eigenvalue weighted by molar-refractivity contribution is -0.300. The lowest BCUT2D eigenvalue weighted by Crippen LogP contribution is -2.59. The van der Waals surface area contributed by atoms with Crippen molar-refractivity contribution in [2.75, 3.05) is 13.2 Å². The average Bonchev–Trinajstić information content (AvgIpc) is 2.86. The van der Waals surface area contributed by atoms with E-state index in [4.69, 9.17) is 9.47 Å². The SMILES string of the molecule is Cc1cc2c(c(C)c1CCO[C@@H]1OC(CO)[C@@H](O)[C@H](O)C1O)C(=O)[C@](C)(O)C2. The van der Waals surface area contributed by atoms with E-state index in [1.54, 1.807) is 0 Å².